The third kappa shape index (κ3) is 4.85. The van der Waals surface area contributed by atoms with Gasteiger partial charge in [-0.15, -0.1) is 11.3 Å². The van der Waals surface area contributed by atoms with E-state index in [4.69, 9.17) is 33.3 Å². The summed E-state index contributed by atoms with van der Waals surface area (Å²) in [6, 6.07) is 22.3. The van der Waals surface area contributed by atoms with E-state index < -0.39 is 4.92 Å². The summed E-state index contributed by atoms with van der Waals surface area (Å²) in [6.07, 6.45) is 5.28. The normalized spacial score (nSPS) is 19.9. The van der Waals surface area contributed by atoms with Gasteiger partial charge in [0.15, 0.2) is 0 Å². The molecule has 2 aliphatic rings. The molecule has 38 heavy (non-hydrogen) atoms. The first kappa shape index (κ1) is 24.8. The second kappa shape index (κ2) is 10.3. The summed E-state index contributed by atoms with van der Waals surface area (Å²) in [5.41, 5.74) is 6.22. The zero-order valence-electron chi connectivity index (χ0n) is 20.1. The van der Waals surface area contributed by atoms with Gasteiger partial charge in [0.1, 0.15) is 0 Å². The summed E-state index contributed by atoms with van der Waals surface area (Å²) < 4.78 is 0. The molecule has 0 saturated heterocycles. The standard InChI is InChI=1S/C29H22Cl2N4O2S/c30-22-10-4-18(5-11-22)16-21-2-1-3-25-27(21)33-34(28(25)20-6-12-23(31)13-7-20)29-32-26(17-38-29)19-8-14-24(15-9-19)35(36)37/h4-17,25,28H,1-3H2/b21-16+/t25-,28-/m1/s1. The Kier molecular flexibility index (Phi) is 6.74. The van der Waals surface area contributed by atoms with Crippen molar-refractivity contribution in [3.63, 3.8) is 0 Å². The van der Waals surface area contributed by atoms with Crippen LogP contribution in [0.3, 0.4) is 0 Å². The second-order valence-electron chi connectivity index (χ2n) is 9.37. The third-order valence-corrected chi connectivity index (χ3v) is 8.32. The van der Waals surface area contributed by atoms with E-state index in [2.05, 4.69) is 18.2 Å². The van der Waals surface area contributed by atoms with Gasteiger partial charge in [-0.05, 0) is 78.4 Å². The Balaban J connectivity index is 1.39. The fraction of sp³-hybridized carbons (Fsp3) is 0.172. The lowest BCUT2D eigenvalue weighted by atomic mass is 9.77. The molecule has 9 heteroatoms. The molecular weight excluding hydrogens is 539 g/mol. The van der Waals surface area contributed by atoms with E-state index in [1.807, 2.05) is 46.8 Å². The number of halogens is 2. The summed E-state index contributed by atoms with van der Waals surface area (Å²) in [6.45, 7) is 0. The van der Waals surface area contributed by atoms with E-state index in [0.717, 1.165) is 52.5 Å². The molecule has 0 radical (unpaired) electrons. The summed E-state index contributed by atoms with van der Waals surface area (Å²) in [7, 11) is 0. The molecule has 1 saturated carbocycles. The zero-order chi connectivity index (χ0) is 26.2. The number of anilines is 1. The number of nitro benzene ring substituents is 1. The Morgan fingerprint density at radius 3 is 2.34 bits per heavy atom. The number of allylic oxidation sites excluding steroid dienone is 1. The molecule has 4 aromatic rings. The van der Waals surface area contributed by atoms with Crippen LogP contribution in [-0.2, 0) is 0 Å². The van der Waals surface area contributed by atoms with Crippen LogP contribution >= 0.6 is 34.5 Å². The number of rotatable bonds is 5. The van der Waals surface area contributed by atoms with Crippen LogP contribution in [0.25, 0.3) is 17.3 Å². The minimum atomic E-state index is -0.399. The lowest BCUT2D eigenvalue weighted by Gasteiger charge is -2.29. The number of hydrogen-bond acceptors (Lipinski definition) is 6. The van der Waals surface area contributed by atoms with Gasteiger partial charge in [0.2, 0.25) is 5.13 Å². The van der Waals surface area contributed by atoms with Gasteiger partial charge in [-0.2, -0.15) is 5.10 Å². The number of hydrazone groups is 1. The van der Waals surface area contributed by atoms with Crippen LogP contribution in [0.1, 0.15) is 36.4 Å². The van der Waals surface area contributed by atoms with E-state index in [-0.39, 0.29) is 17.6 Å². The van der Waals surface area contributed by atoms with Crippen LogP contribution in [0, 0.1) is 16.0 Å². The molecule has 2 atom stereocenters. The van der Waals surface area contributed by atoms with Crippen LogP contribution in [0.5, 0.6) is 0 Å². The van der Waals surface area contributed by atoms with Crippen molar-refractivity contribution in [2.75, 3.05) is 5.01 Å². The highest BCUT2D eigenvalue weighted by Crippen LogP contribution is 2.47. The Labute approximate surface area is 234 Å². The molecule has 3 aromatic carbocycles. The quantitative estimate of drug-likeness (QED) is 0.180. The van der Waals surface area contributed by atoms with Crippen LogP contribution in [0.15, 0.2) is 88.9 Å². The molecule has 1 aliphatic carbocycles. The van der Waals surface area contributed by atoms with E-state index >= 15 is 0 Å². The van der Waals surface area contributed by atoms with E-state index in [1.165, 1.54) is 29.0 Å². The molecule has 0 unspecified atom stereocenters. The first-order valence-corrected chi connectivity index (χ1v) is 13.9. The Morgan fingerprint density at radius 1 is 0.974 bits per heavy atom. The van der Waals surface area contributed by atoms with Gasteiger partial charge >= 0.3 is 0 Å². The summed E-state index contributed by atoms with van der Waals surface area (Å²) >= 11 is 13.8. The van der Waals surface area contributed by atoms with Crippen molar-refractivity contribution in [1.82, 2.24) is 4.98 Å². The maximum Gasteiger partial charge on any atom is 0.269 e. The van der Waals surface area contributed by atoms with Gasteiger partial charge < -0.3 is 0 Å². The van der Waals surface area contributed by atoms with Crippen LogP contribution in [0.2, 0.25) is 10.0 Å². The Hall–Kier alpha value is -3.52. The molecule has 0 bridgehead atoms. The van der Waals surface area contributed by atoms with Crippen molar-refractivity contribution >= 4 is 57.1 Å². The number of nitrogens with zero attached hydrogens (tertiary/aromatic N) is 4. The number of aromatic nitrogens is 1. The smallest absolute Gasteiger partial charge is 0.258 e. The number of benzene rings is 3. The molecule has 1 fully saturated rings. The van der Waals surface area contributed by atoms with Crippen molar-refractivity contribution in [3.8, 4) is 11.3 Å². The van der Waals surface area contributed by atoms with Crippen molar-refractivity contribution in [3.05, 3.63) is 115 Å². The van der Waals surface area contributed by atoms with Gasteiger partial charge in [-0.1, -0.05) is 47.5 Å². The highest BCUT2D eigenvalue weighted by Gasteiger charge is 2.42. The Morgan fingerprint density at radius 2 is 1.66 bits per heavy atom. The van der Waals surface area contributed by atoms with Gasteiger partial charge in [-0.25, -0.2) is 9.99 Å². The third-order valence-electron chi connectivity index (χ3n) is 6.99. The lowest BCUT2D eigenvalue weighted by molar-refractivity contribution is -0.384. The second-order valence-corrected chi connectivity index (χ2v) is 11.1. The molecule has 0 spiro atoms. The average Bonchev–Trinajstić information content (AvgIpc) is 3.57. The molecule has 1 aliphatic heterocycles. The van der Waals surface area contributed by atoms with E-state index in [0.29, 0.717) is 10.0 Å². The van der Waals surface area contributed by atoms with Crippen LogP contribution < -0.4 is 5.01 Å². The number of non-ortho nitro benzene ring substituents is 1. The molecule has 0 amide bonds. The van der Waals surface area contributed by atoms with Gasteiger partial charge in [0.05, 0.1) is 22.4 Å². The minimum absolute atomic E-state index is 0.00737. The summed E-state index contributed by atoms with van der Waals surface area (Å²) in [5.74, 6) is 0.218. The van der Waals surface area contributed by atoms with E-state index in [9.17, 15) is 10.1 Å². The highest BCUT2D eigenvalue weighted by atomic mass is 35.5. The first-order chi connectivity index (χ1) is 18.5. The maximum absolute atomic E-state index is 11.1. The number of fused-ring (bicyclic) bond motifs is 1. The van der Waals surface area contributed by atoms with E-state index in [1.54, 1.807) is 12.1 Å². The van der Waals surface area contributed by atoms with Gasteiger partial charge in [0, 0.05) is 39.0 Å². The molecule has 2 heterocycles. The molecule has 6 rings (SSSR count). The predicted octanol–water partition coefficient (Wildman–Crippen LogP) is 8.83. The maximum atomic E-state index is 11.1. The highest BCUT2D eigenvalue weighted by molar-refractivity contribution is 7.14. The predicted molar refractivity (Wildman–Crippen MR) is 155 cm³/mol. The lowest BCUT2D eigenvalue weighted by Crippen LogP contribution is -2.28. The minimum Gasteiger partial charge on any atom is -0.258 e. The molecule has 190 valence electrons. The monoisotopic (exact) mass is 560 g/mol. The van der Waals surface area contributed by atoms with Crippen molar-refractivity contribution in [2.24, 2.45) is 11.0 Å². The topological polar surface area (TPSA) is 71.6 Å². The zero-order valence-corrected chi connectivity index (χ0v) is 22.5. The van der Waals surface area contributed by atoms with Crippen LogP contribution in [0.4, 0.5) is 10.8 Å². The number of nitro groups is 1. The molecule has 0 N–H and O–H groups in total. The van der Waals surface area contributed by atoms with Gasteiger partial charge in [-0.3, -0.25) is 10.1 Å². The molecule has 6 nitrogen and oxygen atoms in total. The fourth-order valence-electron chi connectivity index (χ4n) is 5.17. The van der Waals surface area contributed by atoms with Crippen molar-refractivity contribution in [1.29, 1.82) is 0 Å². The SMILES string of the molecule is O=[N+]([O-])c1ccc(-c2csc(N3N=C4/C(=C/c5ccc(Cl)cc5)CCC[C@H]4[C@H]3c3ccc(Cl)cc3)n2)cc1. The molecule has 1 aromatic heterocycles. The Bertz CT molecular complexity index is 1550. The first-order valence-electron chi connectivity index (χ1n) is 12.3. The van der Waals surface area contributed by atoms with Crippen molar-refractivity contribution in [2.45, 2.75) is 25.3 Å². The summed E-state index contributed by atoms with van der Waals surface area (Å²) in [4.78, 5) is 15.6. The average molecular weight is 561 g/mol. The number of thiazole rings is 1. The summed E-state index contributed by atoms with van der Waals surface area (Å²) in [5, 5.41) is 22.4. The van der Waals surface area contributed by atoms with Crippen LogP contribution in [-0.4, -0.2) is 15.6 Å². The van der Waals surface area contributed by atoms with Crippen molar-refractivity contribution < 1.29 is 4.92 Å². The largest absolute Gasteiger partial charge is 0.269 e. The van der Waals surface area contributed by atoms with Gasteiger partial charge in [0.25, 0.3) is 5.69 Å². The molecular formula is C29H22Cl2N4O2S. The number of hydrogen-bond donors (Lipinski definition) is 0. The fourth-order valence-corrected chi connectivity index (χ4v) is 6.24.